The van der Waals surface area contributed by atoms with Crippen molar-refractivity contribution >= 4 is 27.5 Å². The van der Waals surface area contributed by atoms with Crippen molar-refractivity contribution in [1.29, 1.82) is 0 Å². The number of sulfonamides is 1. The molecule has 0 aliphatic rings. The highest BCUT2D eigenvalue weighted by Gasteiger charge is 2.33. The van der Waals surface area contributed by atoms with Gasteiger partial charge in [-0.2, -0.15) is 0 Å². The first kappa shape index (κ1) is 29.8. The van der Waals surface area contributed by atoms with Crippen molar-refractivity contribution in [1.82, 2.24) is 10.2 Å². The lowest BCUT2D eigenvalue weighted by atomic mass is 10.0. The van der Waals surface area contributed by atoms with E-state index in [4.69, 9.17) is 0 Å². The van der Waals surface area contributed by atoms with Crippen LogP contribution < -0.4 is 9.62 Å². The molecule has 0 heterocycles. The average Bonchev–Trinajstić information content (AvgIpc) is 2.90. The number of halogens is 1. The number of carbonyl (C=O) groups is 2. The first-order valence-corrected chi connectivity index (χ1v) is 14.7. The van der Waals surface area contributed by atoms with Gasteiger partial charge in [0.15, 0.2) is 0 Å². The summed E-state index contributed by atoms with van der Waals surface area (Å²) in [6.45, 7) is 5.17. The molecule has 2 atom stereocenters. The van der Waals surface area contributed by atoms with Gasteiger partial charge < -0.3 is 10.2 Å². The van der Waals surface area contributed by atoms with Crippen LogP contribution in [0.15, 0.2) is 78.9 Å². The van der Waals surface area contributed by atoms with Gasteiger partial charge in [0.25, 0.3) is 0 Å². The van der Waals surface area contributed by atoms with Crippen LogP contribution in [0.3, 0.4) is 0 Å². The fourth-order valence-corrected chi connectivity index (χ4v) is 5.02. The van der Waals surface area contributed by atoms with Crippen LogP contribution in [0.25, 0.3) is 0 Å². The third-order valence-corrected chi connectivity index (χ3v) is 7.65. The van der Waals surface area contributed by atoms with Gasteiger partial charge >= 0.3 is 0 Å². The Balaban J connectivity index is 2.05. The Morgan fingerprint density at radius 3 is 2.21 bits per heavy atom. The van der Waals surface area contributed by atoms with Crippen molar-refractivity contribution in [2.45, 2.75) is 52.2 Å². The SMILES string of the molecule is CC[C@H](C)NC(=O)[C@H](Cc1ccccc1)N(Cc1ccc(F)cc1)C(=O)CN(c1cccc(C)c1)S(C)(=O)=O. The van der Waals surface area contributed by atoms with Crippen molar-refractivity contribution in [3.63, 3.8) is 0 Å². The highest BCUT2D eigenvalue weighted by molar-refractivity contribution is 7.92. The molecule has 1 N–H and O–H groups in total. The summed E-state index contributed by atoms with van der Waals surface area (Å²) < 4.78 is 40.3. The predicted octanol–water partition coefficient (Wildman–Crippen LogP) is 4.45. The maximum absolute atomic E-state index is 14.0. The van der Waals surface area contributed by atoms with E-state index in [2.05, 4.69) is 5.32 Å². The van der Waals surface area contributed by atoms with Crippen molar-refractivity contribution in [3.8, 4) is 0 Å². The zero-order valence-electron chi connectivity index (χ0n) is 22.8. The van der Waals surface area contributed by atoms with E-state index in [0.717, 1.165) is 21.7 Å². The van der Waals surface area contributed by atoms with E-state index in [1.54, 1.807) is 30.3 Å². The summed E-state index contributed by atoms with van der Waals surface area (Å²) in [6.07, 6.45) is 1.97. The topological polar surface area (TPSA) is 86.8 Å². The van der Waals surface area contributed by atoms with E-state index in [0.29, 0.717) is 17.7 Å². The molecule has 3 aromatic rings. The van der Waals surface area contributed by atoms with Crippen LogP contribution in [-0.2, 0) is 32.6 Å². The smallest absolute Gasteiger partial charge is 0.244 e. The fourth-order valence-electron chi connectivity index (χ4n) is 4.18. The summed E-state index contributed by atoms with van der Waals surface area (Å²) >= 11 is 0. The van der Waals surface area contributed by atoms with Crippen LogP contribution in [0, 0.1) is 12.7 Å². The first-order chi connectivity index (χ1) is 18.5. The molecule has 0 spiro atoms. The zero-order chi connectivity index (χ0) is 28.6. The molecule has 0 radical (unpaired) electrons. The third kappa shape index (κ3) is 8.64. The van der Waals surface area contributed by atoms with Crippen LogP contribution in [0.4, 0.5) is 10.1 Å². The highest BCUT2D eigenvalue weighted by Crippen LogP contribution is 2.21. The molecule has 0 aliphatic carbocycles. The normalized spacial score (nSPS) is 12.8. The molecule has 39 heavy (non-hydrogen) atoms. The minimum Gasteiger partial charge on any atom is -0.352 e. The molecular formula is C30H36FN3O4S. The quantitative estimate of drug-likeness (QED) is 0.359. The number of aryl methyl sites for hydroxylation is 1. The number of nitrogens with one attached hydrogen (secondary N) is 1. The number of rotatable bonds is 12. The second-order valence-corrected chi connectivity index (χ2v) is 11.7. The maximum atomic E-state index is 14.0. The van der Waals surface area contributed by atoms with E-state index >= 15 is 0 Å². The Hall–Kier alpha value is -3.72. The number of benzene rings is 3. The van der Waals surface area contributed by atoms with E-state index in [1.807, 2.05) is 57.2 Å². The molecule has 0 fully saturated rings. The Kier molecular flexibility index (Phi) is 10.2. The molecule has 0 bridgehead atoms. The third-order valence-electron chi connectivity index (χ3n) is 6.51. The highest BCUT2D eigenvalue weighted by atomic mass is 32.2. The molecule has 3 aromatic carbocycles. The van der Waals surface area contributed by atoms with Crippen molar-refractivity contribution < 1.29 is 22.4 Å². The van der Waals surface area contributed by atoms with Gasteiger partial charge in [0.2, 0.25) is 21.8 Å². The summed E-state index contributed by atoms with van der Waals surface area (Å²) in [4.78, 5) is 29.0. The number of hydrogen-bond donors (Lipinski definition) is 1. The van der Waals surface area contributed by atoms with Crippen LogP contribution in [0.1, 0.15) is 37.0 Å². The Morgan fingerprint density at radius 2 is 1.62 bits per heavy atom. The van der Waals surface area contributed by atoms with Gasteiger partial charge in [-0.15, -0.1) is 0 Å². The van der Waals surface area contributed by atoms with Crippen molar-refractivity contribution in [2.24, 2.45) is 0 Å². The molecule has 0 unspecified atom stereocenters. The lowest BCUT2D eigenvalue weighted by Gasteiger charge is -2.34. The van der Waals surface area contributed by atoms with Gasteiger partial charge in [-0.1, -0.05) is 61.5 Å². The maximum Gasteiger partial charge on any atom is 0.244 e. The largest absolute Gasteiger partial charge is 0.352 e. The molecule has 0 aliphatic heterocycles. The minimum absolute atomic E-state index is 0.00401. The summed E-state index contributed by atoms with van der Waals surface area (Å²) in [5.41, 5.74) is 2.65. The Morgan fingerprint density at radius 1 is 0.949 bits per heavy atom. The first-order valence-electron chi connectivity index (χ1n) is 12.9. The standard InChI is InChI=1S/C30H36FN3O4S/c1-5-23(3)32-30(36)28(19-24-11-7-6-8-12-24)33(20-25-14-16-26(31)17-15-25)29(35)21-34(39(4,37)38)27-13-9-10-22(2)18-27/h6-18,23,28H,5,19-21H2,1-4H3,(H,32,36)/t23-,28-/m0/s1. The van der Waals surface area contributed by atoms with Gasteiger partial charge in [0, 0.05) is 19.0 Å². The molecule has 0 aromatic heterocycles. The summed E-state index contributed by atoms with van der Waals surface area (Å²) in [6, 6.07) is 20.8. The van der Waals surface area contributed by atoms with Crippen molar-refractivity contribution in [3.05, 3.63) is 101 Å². The molecule has 0 saturated carbocycles. The van der Waals surface area contributed by atoms with Gasteiger partial charge in [-0.05, 0) is 61.2 Å². The molecule has 3 rings (SSSR count). The summed E-state index contributed by atoms with van der Waals surface area (Å²) in [5, 5.41) is 2.98. The molecular weight excluding hydrogens is 517 g/mol. The van der Waals surface area contributed by atoms with Crippen LogP contribution in [-0.4, -0.2) is 50.0 Å². The van der Waals surface area contributed by atoms with E-state index < -0.39 is 34.3 Å². The van der Waals surface area contributed by atoms with E-state index in [-0.39, 0.29) is 24.9 Å². The fraction of sp³-hybridized carbons (Fsp3) is 0.333. The minimum atomic E-state index is -3.83. The number of hydrogen-bond acceptors (Lipinski definition) is 4. The average molecular weight is 554 g/mol. The second-order valence-electron chi connectivity index (χ2n) is 9.78. The lowest BCUT2D eigenvalue weighted by Crippen LogP contribution is -2.54. The van der Waals surface area contributed by atoms with Crippen molar-refractivity contribution in [2.75, 3.05) is 17.1 Å². The molecule has 208 valence electrons. The van der Waals surface area contributed by atoms with Gasteiger partial charge in [0.1, 0.15) is 18.4 Å². The molecule has 9 heteroatoms. The van der Waals surface area contributed by atoms with E-state index in [1.165, 1.54) is 17.0 Å². The summed E-state index contributed by atoms with van der Waals surface area (Å²) in [7, 11) is -3.83. The molecule has 0 saturated heterocycles. The Labute approximate surface area is 230 Å². The molecule has 7 nitrogen and oxygen atoms in total. The number of anilines is 1. The van der Waals surface area contributed by atoms with Crippen LogP contribution in [0.5, 0.6) is 0 Å². The van der Waals surface area contributed by atoms with Crippen LogP contribution >= 0.6 is 0 Å². The Bertz CT molecular complexity index is 1360. The monoisotopic (exact) mass is 553 g/mol. The zero-order valence-corrected chi connectivity index (χ0v) is 23.6. The van der Waals surface area contributed by atoms with E-state index in [9.17, 15) is 22.4 Å². The number of nitrogens with zero attached hydrogens (tertiary/aromatic N) is 2. The van der Waals surface area contributed by atoms with Crippen LogP contribution in [0.2, 0.25) is 0 Å². The lowest BCUT2D eigenvalue weighted by molar-refractivity contribution is -0.140. The number of amides is 2. The predicted molar refractivity (Wildman–Crippen MR) is 152 cm³/mol. The molecule has 2 amide bonds. The number of carbonyl (C=O) groups excluding carboxylic acids is 2. The van der Waals surface area contributed by atoms with Gasteiger partial charge in [-0.3, -0.25) is 13.9 Å². The van der Waals surface area contributed by atoms with Gasteiger partial charge in [-0.25, -0.2) is 12.8 Å². The summed E-state index contributed by atoms with van der Waals surface area (Å²) in [5.74, 6) is -1.31. The second kappa shape index (κ2) is 13.4. The van der Waals surface area contributed by atoms with Gasteiger partial charge in [0.05, 0.1) is 11.9 Å².